The summed E-state index contributed by atoms with van der Waals surface area (Å²) >= 11 is 1.76. The lowest BCUT2D eigenvalue weighted by Gasteiger charge is -2.34. The predicted octanol–water partition coefficient (Wildman–Crippen LogP) is 4.81. The molecule has 7 nitrogen and oxygen atoms in total. The molecule has 41 heavy (non-hydrogen) atoms. The Morgan fingerprint density at radius 3 is 2.61 bits per heavy atom. The van der Waals surface area contributed by atoms with Crippen LogP contribution in [0.5, 0.6) is 0 Å². The molecule has 0 saturated carbocycles. The van der Waals surface area contributed by atoms with Gasteiger partial charge in [-0.05, 0) is 68.0 Å². The van der Waals surface area contributed by atoms with Crippen LogP contribution in [0.1, 0.15) is 52.4 Å². The number of piperidine rings is 1. The molecule has 2 amide bonds. The van der Waals surface area contributed by atoms with E-state index in [0.29, 0.717) is 35.4 Å². The molecule has 1 fully saturated rings. The van der Waals surface area contributed by atoms with Crippen molar-refractivity contribution in [1.82, 2.24) is 14.5 Å². The number of amidine groups is 1. The summed E-state index contributed by atoms with van der Waals surface area (Å²) in [4.78, 5) is 31.6. The maximum absolute atomic E-state index is 13.5. The molecule has 1 spiro atoms. The number of alkyl halides is 3. The number of hydrogen-bond donors (Lipinski definition) is 1. The molecule has 1 atom stereocenters. The molecule has 0 aliphatic carbocycles. The third-order valence-corrected chi connectivity index (χ3v) is 8.63. The number of halogens is 3. The second kappa shape index (κ2) is 13.0. The lowest BCUT2D eigenvalue weighted by Crippen LogP contribution is -2.47. The van der Waals surface area contributed by atoms with E-state index in [1.54, 1.807) is 55.2 Å². The summed E-state index contributed by atoms with van der Waals surface area (Å²) in [5, 5.41) is 2.91. The molecule has 2 aliphatic rings. The zero-order valence-electron chi connectivity index (χ0n) is 23.9. The summed E-state index contributed by atoms with van der Waals surface area (Å²) in [5.41, 5.74) is 3.49. The fraction of sp³-hybridized carbons (Fsp3) is 0.500. The summed E-state index contributed by atoms with van der Waals surface area (Å²) in [6.45, 7) is 3.17. The zero-order valence-corrected chi connectivity index (χ0v) is 24.7. The Kier molecular flexibility index (Phi) is 9.81. The van der Waals surface area contributed by atoms with Gasteiger partial charge in [0, 0.05) is 44.1 Å². The number of ether oxygens (including phenoxy) is 1. The lowest BCUT2D eigenvalue weighted by molar-refractivity contribution is -0.124. The second-order valence-electron chi connectivity index (χ2n) is 10.9. The minimum Gasteiger partial charge on any atom is -0.370 e. The largest absolute Gasteiger partial charge is 0.370 e. The molecule has 1 unspecified atom stereocenters. The third-order valence-electron chi connectivity index (χ3n) is 7.52. The molecule has 2 aromatic carbocycles. The minimum atomic E-state index is -3.54. The van der Waals surface area contributed by atoms with Crippen molar-refractivity contribution in [2.45, 2.75) is 57.3 Å². The third kappa shape index (κ3) is 7.50. The number of carbonyl (C=O) groups is 2. The number of rotatable bonds is 11. The molecule has 0 bridgehead atoms. The van der Waals surface area contributed by atoms with E-state index in [2.05, 4.69) is 9.62 Å². The maximum Gasteiger partial charge on any atom is 0.301 e. The molecule has 2 aliphatic heterocycles. The van der Waals surface area contributed by atoms with Gasteiger partial charge in [-0.1, -0.05) is 36.2 Å². The first-order valence-corrected chi connectivity index (χ1v) is 14.6. The predicted molar refractivity (Wildman–Crippen MR) is 155 cm³/mol. The highest BCUT2D eigenvalue weighted by Gasteiger charge is 2.46. The fourth-order valence-corrected chi connectivity index (χ4v) is 5.87. The summed E-state index contributed by atoms with van der Waals surface area (Å²) < 4.78 is 47.3. The number of benzene rings is 2. The number of amides is 2. The summed E-state index contributed by atoms with van der Waals surface area (Å²) in [6.07, 6.45) is -0.230. The van der Waals surface area contributed by atoms with Crippen LogP contribution in [0, 0.1) is 6.92 Å². The Balaban J connectivity index is 1.29. The van der Waals surface area contributed by atoms with Crippen molar-refractivity contribution in [3.05, 3.63) is 70.3 Å². The molecule has 1 N–H and O–H groups in total. The van der Waals surface area contributed by atoms with Crippen LogP contribution in [-0.2, 0) is 22.6 Å². The van der Waals surface area contributed by atoms with Gasteiger partial charge in [0.2, 0.25) is 0 Å². The monoisotopic (exact) mass is 590 g/mol. The van der Waals surface area contributed by atoms with Crippen molar-refractivity contribution < 1.29 is 27.5 Å². The van der Waals surface area contributed by atoms with Crippen molar-refractivity contribution >= 4 is 29.6 Å². The molecular weight excluding hydrogens is 553 g/mol. The Bertz CT molecular complexity index is 1290. The first-order chi connectivity index (χ1) is 19.4. The van der Waals surface area contributed by atoms with E-state index in [9.17, 15) is 22.8 Å². The standard InChI is InChI=1S/C30H37F3N4O3S/c1-20-16-25(27(38)36(3)4)9-8-23(20)10-15-41-37-13-11-29(12-14-37)28(39)34-26(35-29)24-7-5-6-22(17-24)18-40-19-30(32,33)21(2)31/h5-9,16-17,21H,10-15,18-19H2,1-4H3,(H,34,35,39). The molecule has 2 heterocycles. The van der Waals surface area contributed by atoms with E-state index in [-0.39, 0.29) is 18.4 Å². The maximum atomic E-state index is 13.5. The molecule has 0 radical (unpaired) electrons. The van der Waals surface area contributed by atoms with Crippen LogP contribution in [0.4, 0.5) is 13.2 Å². The molecule has 0 aromatic heterocycles. The van der Waals surface area contributed by atoms with Gasteiger partial charge in [0.05, 0.1) is 6.61 Å². The van der Waals surface area contributed by atoms with Crippen LogP contribution in [0.25, 0.3) is 0 Å². The number of aryl methyl sites for hydroxylation is 2. The quantitative estimate of drug-likeness (QED) is 0.381. The average Bonchev–Trinajstić information content (AvgIpc) is 3.25. The smallest absolute Gasteiger partial charge is 0.301 e. The van der Waals surface area contributed by atoms with Crippen LogP contribution in [0.3, 0.4) is 0 Å². The second-order valence-corrected chi connectivity index (χ2v) is 12.1. The molecule has 1 saturated heterocycles. The SMILES string of the molecule is Cc1cc(C(=O)N(C)C)ccc1CCSN1CCC2(CC1)N=C(c1cccc(COCC(F)(F)C(C)F)c1)NC2=O. The Morgan fingerprint density at radius 2 is 1.95 bits per heavy atom. The van der Waals surface area contributed by atoms with Gasteiger partial charge in [-0.15, -0.1) is 0 Å². The van der Waals surface area contributed by atoms with Crippen molar-refractivity contribution in [1.29, 1.82) is 0 Å². The van der Waals surface area contributed by atoms with Crippen molar-refractivity contribution in [2.75, 3.05) is 39.5 Å². The average molecular weight is 591 g/mol. The van der Waals surface area contributed by atoms with E-state index >= 15 is 0 Å². The summed E-state index contributed by atoms with van der Waals surface area (Å²) in [5.74, 6) is -2.32. The number of carbonyl (C=O) groups excluding carboxylic acids is 2. The van der Waals surface area contributed by atoms with E-state index in [1.165, 1.54) is 5.56 Å². The Hall–Kier alpha value is -2.89. The van der Waals surface area contributed by atoms with Gasteiger partial charge in [-0.25, -0.2) is 13.2 Å². The van der Waals surface area contributed by atoms with Gasteiger partial charge >= 0.3 is 5.92 Å². The summed E-state index contributed by atoms with van der Waals surface area (Å²) in [7, 11) is 3.49. The molecule has 11 heteroatoms. The molecule has 222 valence electrons. The van der Waals surface area contributed by atoms with Gasteiger partial charge < -0.3 is 15.0 Å². The number of nitrogens with one attached hydrogen (secondary N) is 1. The highest BCUT2D eigenvalue weighted by molar-refractivity contribution is 7.97. The topological polar surface area (TPSA) is 74.2 Å². The van der Waals surface area contributed by atoms with E-state index in [1.807, 2.05) is 25.1 Å². The van der Waals surface area contributed by atoms with Gasteiger partial charge in [-0.2, -0.15) is 0 Å². The van der Waals surface area contributed by atoms with Gasteiger partial charge in [0.25, 0.3) is 11.8 Å². The van der Waals surface area contributed by atoms with Crippen molar-refractivity contribution in [2.24, 2.45) is 4.99 Å². The molecule has 2 aromatic rings. The molecular formula is C30H37F3N4O3S. The van der Waals surface area contributed by atoms with Gasteiger partial charge in [-0.3, -0.25) is 18.9 Å². The van der Waals surface area contributed by atoms with Crippen LogP contribution >= 0.6 is 11.9 Å². The number of hydrogen-bond acceptors (Lipinski definition) is 6. The van der Waals surface area contributed by atoms with Crippen LogP contribution in [0.15, 0.2) is 47.5 Å². The van der Waals surface area contributed by atoms with E-state index in [0.717, 1.165) is 37.8 Å². The van der Waals surface area contributed by atoms with E-state index in [4.69, 9.17) is 9.73 Å². The van der Waals surface area contributed by atoms with Crippen LogP contribution < -0.4 is 5.32 Å². The number of aliphatic imine (C=N–C) groups is 1. The van der Waals surface area contributed by atoms with Gasteiger partial charge in [0.15, 0.2) is 6.17 Å². The first kappa shape index (κ1) is 31.1. The molecule has 4 rings (SSSR count). The fourth-order valence-electron chi connectivity index (χ4n) is 4.86. The lowest BCUT2D eigenvalue weighted by atomic mass is 9.89. The number of nitrogens with zero attached hydrogens (tertiary/aromatic N) is 3. The highest BCUT2D eigenvalue weighted by atomic mass is 32.2. The van der Waals surface area contributed by atoms with Gasteiger partial charge in [0.1, 0.15) is 18.0 Å². The first-order valence-electron chi connectivity index (χ1n) is 13.7. The van der Waals surface area contributed by atoms with Crippen LogP contribution in [-0.4, -0.2) is 84.0 Å². The minimum absolute atomic E-state index is 0.00745. The van der Waals surface area contributed by atoms with Crippen LogP contribution in [0.2, 0.25) is 0 Å². The van der Waals surface area contributed by atoms with Crippen molar-refractivity contribution in [3.63, 3.8) is 0 Å². The normalized spacial score (nSPS) is 17.8. The summed E-state index contributed by atoms with van der Waals surface area (Å²) in [6, 6.07) is 12.9. The Labute approximate surface area is 243 Å². The highest BCUT2D eigenvalue weighted by Crippen LogP contribution is 2.33. The van der Waals surface area contributed by atoms with Crippen molar-refractivity contribution in [3.8, 4) is 0 Å². The zero-order chi connectivity index (χ0) is 29.8. The Morgan fingerprint density at radius 1 is 1.22 bits per heavy atom. The van der Waals surface area contributed by atoms with E-state index < -0.39 is 24.2 Å².